The van der Waals surface area contributed by atoms with Crippen LogP contribution in [0.15, 0.2) is 59.5 Å². The Morgan fingerprint density at radius 2 is 1.58 bits per heavy atom. The fraction of sp³-hybridized carbons (Fsp3) is 0.519. The number of sulfonamides is 2. The van der Waals surface area contributed by atoms with Gasteiger partial charge in [0.1, 0.15) is 12.4 Å². The summed E-state index contributed by atoms with van der Waals surface area (Å²) in [5.74, 6) is 0.0278. The van der Waals surface area contributed by atoms with E-state index in [-0.39, 0.29) is 42.2 Å². The van der Waals surface area contributed by atoms with Crippen molar-refractivity contribution in [3.63, 3.8) is 0 Å². The molecule has 11 heteroatoms. The largest absolute Gasteiger partial charge is 0.492 e. The van der Waals surface area contributed by atoms with E-state index in [1.165, 1.54) is 8.61 Å². The molecule has 2 heterocycles. The molecule has 0 spiro atoms. The van der Waals surface area contributed by atoms with Crippen LogP contribution in [-0.4, -0.2) is 76.4 Å². The zero-order chi connectivity index (χ0) is 27.0. The lowest BCUT2D eigenvalue weighted by Gasteiger charge is -2.31. The minimum Gasteiger partial charge on any atom is -0.492 e. The maximum atomic E-state index is 12.9. The van der Waals surface area contributed by atoms with Gasteiger partial charge in [0.05, 0.1) is 23.1 Å². The second-order valence-electron chi connectivity index (χ2n) is 9.82. The van der Waals surface area contributed by atoms with E-state index in [0.29, 0.717) is 51.1 Å². The van der Waals surface area contributed by atoms with Crippen LogP contribution in [0.1, 0.15) is 37.7 Å². The van der Waals surface area contributed by atoms with E-state index in [4.69, 9.17) is 4.74 Å². The number of rotatable bonds is 12. The van der Waals surface area contributed by atoms with Gasteiger partial charge in [0, 0.05) is 26.2 Å². The molecule has 9 nitrogen and oxygen atoms in total. The molecule has 2 aliphatic rings. The van der Waals surface area contributed by atoms with Gasteiger partial charge in [-0.05, 0) is 68.4 Å². The molecular weight excluding hydrogens is 526 g/mol. The Bertz CT molecular complexity index is 1260. The highest BCUT2D eigenvalue weighted by Gasteiger charge is 2.32. The zero-order valence-electron chi connectivity index (χ0n) is 21.6. The van der Waals surface area contributed by atoms with E-state index < -0.39 is 20.0 Å². The molecule has 1 atom stereocenters. The third-order valence-electron chi connectivity index (χ3n) is 7.06. The molecule has 2 aromatic rings. The molecule has 2 aliphatic heterocycles. The molecule has 0 saturated carbocycles. The number of nitrogens with zero attached hydrogens (tertiary/aromatic N) is 2. The summed E-state index contributed by atoms with van der Waals surface area (Å²) in [6, 6.07) is 16.1. The summed E-state index contributed by atoms with van der Waals surface area (Å²) in [6.45, 7) is 2.25. The highest BCUT2D eigenvalue weighted by Crippen LogP contribution is 2.23. The number of aryl methyl sites for hydroxylation is 1. The number of amides is 1. The van der Waals surface area contributed by atoms with Crippen molar-refractivity contribution in [1.29, 1.82) is 0 Å². The number of piperidine rings is 1. The van der Waals surface area contributed by atoms with Crippen molar-refractivity contribution >= 4 is 26.0 Å². The summed E-state index contributed by atoms with van der Waals surface area (Å²) in [6.07, 6.45) is 4.32. The molecule has 1 unspecified atom stereocenters. The Kier molecular flexibility index (Phi) is 9.80. The smallest absolute Gasteiger partial charge is 0.243 e. The number of hydrogen-bond donors (Lipinski definition) is 1. The highest BCUT2D eigenvalue weighted by atomic mass is 32.2. The standard InChI is InChI=1S/C27H37N3O6S2/c31-27(24-11-6-19-30(22-24)37(32,33)21-7-10-23-8-2-1-3-9-23)28-16-20-36-25-12-14-26(15-13-25)38(34,35)29-17-4-5-18-29/h1-3,8-9,12-15,24H,4-7,10-11,16-22H2,(H,28,31). The van der Waals surface area contributed by atoms with Gasteiger partial charge < -0.3 is 10.1 Å². The van der Waals surface area contributed by atoms with Gasteiger partial charge in [0.15, 0.2) is 0 Å². The summed E-state index contributed by atoms with van der Waals surface area (Å²) in [5.41, 5.74) is 1.11. The SMILES string of the molecule is O=C(NCCOc1ccc(S(=O)(=O)N2CCCC2)cc1)C1CCCN(S(=O)(=O)CCCc2ccccc2)C1. The normalized spacial score (nSPS) is 19.3. The number of carbonyl (C=O) groups excluding carboxylic acids is 1. The Morgan fingerprint density at radius 1 is 0.895 bits per heavy atom. The van der Waals surface area contributed by atoms with Crippen molar-refractivity contribution in [3.05, 3.63) is 60.2 Å². The first kappa shape index (κ1) is 28.5. The lowest BCUT2D eigenvalue weighted by Crippen LogP contribution is -2.46. The van der Waals surface area contributed by atoms with Crippen LogP contribution in [-0.2, 0) is 31.3 Å². The van der Waals surface area contributed by atoms with E-state index in [2.05, 4.69) is 5.32 Å². The van der Waals surface area contributed by atoms with Crippen LogP contribution in [0.5, 0.6) is 5.75 Å². The Morgan fingerprint density at radius 3 is 2.29 bits per heavy atom. The van der Waals surface area contributed by atoms with E-state index in [9.17, 15) is 21.6 Å². The Hall–Kier alpha value is -2.47. The van der Waals surface area contributed by atoms with Gasteiger partial charge in [0.2, 0.25) is 26.0 Å². The molecule has 2 fully saturated rings. The van der Waals surface area contributed by atoms with Crippen molar-refractivity contribution in [1.82, 2.24) is 13.9 Å². The van der Waals surface area contributed by atoms with Gasteiger partial charge in [-0.1, -0.05) is 30.3 Å². The molecule has 4 rings (SSSR count). The van der Waals surface area contributed by atoms with Crippen LogP contribution in [0.2, 0.25) is 0 Å². The van der Waals surface area contributed by atoms with Crippen LogP contribution < -0.4 is 10.1 Å². The summed E-state index contributed by atoms with van der Waals surface area (Å²) < 4.78 is 59.6. The fourth-order valence-electron chi connectivity index (χ4n) is 4.91. The average Bonchev–Trinajstić information content (AvgIpc) is 3.48. The fourth-order valence-corrected chi connectivity index (χ4v) is 8.01. The third-order valence-corrected chi connectivity index (χ3v) is 10.9. The van der Waals surface area contributed by atoms with Crippen LogP contribution in [0.25, 0.3) is 0 Å². The van der Waals surface area contributed by atoms with Crippen molar-refractivity contribution in [2.45, 2.75) is 43.4 Å². The molecule has 208 valence electrons. The van der Waals surface area contributed by atoms with Gasteiger partial charge in [-0.3, -0.25) is 4.79 Å². The first-order chi connectivity index (χ1) is 18.3. The van der Waals surface area contributed by atoms with Gasteiger partial charge >= 0.3 is 0 Å². The van der Waals surface area contributed by atoms with Gasteiger partial charge in [-0.2, -0.15) is 4.31 Å². The lowest BCUT2D eigenvalue weighted by atomic mass is 9.99. The molecule has 1 amide bonds. The number of hydrogen-bond acceptors (Lipinski definition) is 6. The van der Waals surface area contributed by atoms with E-state index >= 15 is 0 Å². The average molecular weight is 564 g/mol. The van der Waals surface area contributed by atoms with Crippen molar-refractivity contribution in [2.24, 2.45) is 5.92 Å². The van der Waals surface area contributed by atoms with E-state index in [0.717, 1.165) is 18.4 Å². The quantitative estimate of drug-likeness (QED) is 0.398. The minimum absolute atomic E-state index is 0.0716. The van der Waals surface area contributed by atoms with Crippen molar-refractivity contribution < 1.29 is 26.4 Å². The topological polar surface area (TPSA) is 113 Å². The number of benzene rings is 2. The highest BCUT2D eigenvalue weighted by molar-refractivity contribution is 7.89. The van der Waals surface area contributed by atoms with Gasteiger partial charge in [-0.15, -0.1) is 0 Å². The third kappa shape index (κ3) is 7.56. The number of carbonyl (C=O) groups is 1. The molecule has 1 N–H and O–H groups in total. The first-order valence-electron chi connectivity index (χ1n) is 13.3. The van der Waals surface area contributed by atoms with Crippen molar-refractivity contribution in [2.75, 3.05) is 45.1 Å². The first-order valence-corrected chi connectivity index (χ1v) is 16.3. The molecular formula is C27H37N3O6S2. The van der Waals surface area contributed by atoms with Crippen LogP contribution in [0, 0.1) is 5.92 Å². The minimum atomic E-state index is -3.46. The summed E-state index contributed by atoms with van der Waals surface area (Å²) in [4.78, 5) is 12.9. The zero-order valence-corrected chi connectivity index (χ0v) is 23.3. The van der Waals surface area contributed by atoms with Crippen LogP contribution in [0.4, 0.5) is 0 Å². The Balaban J connectivity index is 1.18. The molecule has 0 aliphatic carbocycles. The maximum Gasteiger partial charge on any atom is 0.243 e. The molecule has 2 saturated heterocycles. The monoisotopic (exact) mass is 563 g/mol. The predicted octanol–water partition coefficient (Wildman–Crippen LogP) is 2.64. The summed E-state index contributed by atoms with van der Waals surface area (Å²) in [5, 5.41) is 2.84. The summed E-state index contributed by atoms with van der Waals surface area (Å²) in [7, 11) is -6.88. The number of ether oxygens (including phenoxy) is 1. The van der Waals surface area contributed by atoms with Crippen molar-refractivity contribution in [3.8, 4) is 5.75 Å². The maximum absolute atomic E-state index is 12.9. The molecule has 0 bridgehead atoms. The van der Waals surface area contributed by atoms with Gasteiger partial charge in [0.25, 0.3) is 0 Å². The number of nitrogens with one attached hydrogen (secondary N) is 1. The lowest BCUT2D eigenvalue weighted by molar-refractivity contribution is -0.126. The predicted molar refractivity (Wildman–Crippen MR) is 146 cm³/mol. The van der Waals surface area contributed by atoms with Crippen LogP contribution in [0.3, 0.4) is 0 Å². The van der Waals surface area contributed by atoms with Crippen LogP contribution >= 0.6 is 0 Å². The molecule has 2 aromatic carbocycles. The van der Waals surface area contributed by atoms with Gasteiger partial charge in [-0.25, -0.2) is 21.1 Å². The second kappa shape index (κ2) is 13.1. The molecule has 0 radical (unpaired) electrons. The van der Waals surface area contributed by atoms with E-state index in [1.54, 1.807) is 24.3 Å². The second-order valence-corrected chi connectivity index (χ2v) is 13.9. The molecule has 0 aromatic heterocycles. The van der Waals surface area contributed by atoms with E-state index in [1.807, 2.05) is 30.3 Å². The Labute approximate surface area is 226 Å². The summed E-state index contributed by atoms with van der Waals surface area (Å²) >= 11 is 0. The molecule has 38 heavy (non-hydrogen) atoms.